The van der Waals surface area contributed by atoms with Gasteiger partial charge in [0.2, 0.25) is 0 Å². The number of fused-ring (bicyclic) bond motifs is 1. The van der Waals surface area contributed by atoms with E-state index in [1.54, 1.807) is 11.2 Å². The van der Waals surface area contributed by atoms with Gasteiger partial charge in [0, 0.05) is 36.1 Å². The predicted octanol–water partition coefficient (Wildman–Crippen LogP) is 3.16. The van der Waals surface area contributed by atoms with E-state index in [0.717, 1.165) is 35.5 Å². The molecule has 0 saturated carbocycles. The summed E-state index contributed by atoms with van der Waals surface area (Å²) in [5.74, 6) is -0.409. The van der Waals surface area contributed by atoms with Crippen LogP contribution in [-0.2, 0) is 37.0 Å². The molecule has 1 N–H and O–H groups in total. The summed E-state index contributed by atoms with van der Waals surface area (Å²) < 4.78 is 16.7. The average molecular weight is 507 g/mol. The van der Waals surface area contributed by atoms with Gasteiger partial charge >= 0.3 is 5.97 Å². The number of rotatable bonds is 9. The molecule has 0 aliphatic carbocycles. The molecule has 37 heavy (non-hydrogen) atoms. The van der Waals surface area contributed by atoms with Crippen LogP contribution >= 0.6 is 0 Å². The molecule has 0 spiro atoms. The first kappa shape index (κ1) is 26.2. The fourth-order valence-corrected chi connectivity index (χ4v) is 4.24. The Morgan fingerprint density at radius 1 is 1.11 bits per heavy atom. The summed E-state index contributed by atoms with van der Waals surface area (Å²) >= 11 is 0. The molecule has 0 bridgehead atoms. The Morgan fingerprint density at radius 2 is 1.86 bits per heavy atom. The smallest absolute Gasteiger partial charge is 0.325 e. The average Bonchev–Trinajstić information content (AvgIpc) is 2.93. The van der Waals surface area contributed by atoms with E-state index in [4.69, 9.17) is 14.2 Å². The first-order chi connectivity index (χ1) is 18.0. The largest absolute Gasteiger partial charge is 0.486 e. The summed E-state index contributed by atoms with van der Waals surface area (Å²) in [5.41, 5.74) is 4.15. The highest BCUT2D eigenvalue weighted by atomic mass is 16.5. The minimum absolute atomic E-state index is 0.170. The van der Waals surface area contributed by atoms with Crippen molar-refractivity contribution in [2.75, 3.05) is 44.9 Å². The van der Waals surface area contributed by atoms with Gasteiger partial charge < -0.3 is 24.4 Å². The normalized spacial score (nSPS) is 15.7. The molecule has 2 aliphatic rings. The Hall–Kier alpha value is -3.85. The molecule has 2 heterocycles. The topological polar surface area (TPSA) is 92.7 Å². The summed E-state index contributed by atoms with van der Waals surface area (Å²) in [4.78, 5) is 27.6. The van der Waals surface area contributed by atoms with Gasteiger partial charge in [0.1, 0.15) is 13.2 Å². The van der Waals surface area contributed by atoms with E-state index in [-0.39, 0.29) is 24.8 Å². The molecule has 0 atom stereocenters. The molecule has 2 aromatic carbocycles. The second-order valence-electron chi connectivity index (χ2n) is 9.18. The lowest BCUT2D eigenvalue weighted by atomic mass is 9.97. The van der Waals surface area contributed by atoms with Crippen molar-refractivity contribution in [2.45, 2.75) is 27.0 Å². The number of hydrogen-bond donors (Lipinski definition) is 1. The number of ether oxygens (including phenoxy) is 3. The maximum absolute atomic E-state index is 13.5. The number of hydrazone groups is 1. The van der Waals surface area contributed by atoms with Crippen molar-refractivity contribution in [3.05, 3.63) is 70.9 Å². The number of esters is 1. The van der Waals surface area contributed by atoms with E-state index in [1.807, 2.05) is 56.3 Å². The van der Waals surface area contributed by atoms with Gasteiger partial charge in [0.25, 0.3) is 5.91 Å². The van der Waals surface area contributed by atoms with Crippen LogP contribution in [0.1, 0.15) is 30.5 Å². The minimum Gasteiger partial charge on any atom is -0.486 e. The minimum atomic E-state index is -0.538. The van der Waals surface area contributed by atoms with Crippen LogP contribution in [-0.4, -0.2) is 63.1 Å². The number of benzene rings is 2. The molecular weight excluding hydrogens is 472 g/mol. The Bertz CT molecular complexity index is 1160. The van der Waals surface area contributed by atoms with Gasteiger partial charge in [0.05, 0.1) is 26.9 Å². The van der Waals surface area contributed by atoms with E-state index in [9.17, 15) is 9.59 Å². The van der Waals surface area contributed by atoms with Crippen LogP contribution in [0.3, 0.4) is 0 Å². The van der Waals surface area contributed by atoms with E-state index >= 15 is 0 Å². The number of nitrogens with one attached hydrogen (secondary N) is 1. The molecule has 0 radical (unpaired) electrons. The Balaban J connectivity index is 1.80. The molecule has 0 aromatic heterocycles. The summed E-state index contributed by atoms with van der Waals surface area (Å²) in [6, 6.07) is 15.8. The van der Waals surface area contributed by atoms with Gasteiger partial charge in [-0.3, -0.25) is 14.6 Å². The van der Waals surface area contributed by atoms with Gasteiger partial charge in [-0.15, -0.1) is 0 Å². The Labute approximate surface area is 217 Å². The molecule has 9 nitrogen and oxygen atoms in total. The highest BCUT2D eigenvalue weighted by Crippen LogP contribution is 2.38. The third-order valence-electron chi connectivity index (χ3n) is 6.09. The lowest BCUT2D eigenvalue weighted by Gasteiger charge is -2.36. The van der Waals surface area contributed by atoms with Crippen LogP contribution in [0, 0.1) is 5.92 Å². The Kier molecular flexibility index (Phi) is 8.79. The molecule has 1 fully saturated rings. The van der Waals surface area contributed by atoms with Crippen molar-refractivity contribution in [1.82, 2.24) is 10.3 Å². The van der Waals surface area contributed by atoms with E-state index in [2.05, 4.69) is 21.4 Å². The van der Waals surface area contributed by atoms with Gasteiger partial charge in [-0.1, -0.05) is 56.3 Å². The van der Waals surface area contributed by atoms with Crippen molar-refractivity contribution in [2.24, 2.45) is 11.0 Å². The van der Waals surface area contributed by atoms with Crippen molar-refractivity contribution in [1.29, 1.82) is 0 Å². The van der Waals surface area contributed by atoms with Crippen molar-refractivity contribution in [3.8, 4) is 0 Å². The molecule has 196 valence electrons. The molecule has 0 unspecified atom stereocenters. The van der Waals surface area contributed by atoms with Crippen LogP contribution in [0.4, 0.5) is 5.69 Å². The van der Waals surface area contributed by atoms with E-state index in [1.165, 1.54) is 7.11 Å². The third kappa shape index (κ3) is 6.48. The SMILES string of the molecule is COC(=O)CNC(=O)C1=C(OCc2ccccc2)c2cccc(N3CCOCC3)c2CN1/N=C\C(C)C. The number of hydrogen-bond acceptors (Lipinski definition) is 8. The summed E-state index contributed by atoms with van der Waals surface area (Å²) in [6.45, 7) is 7.32. The van der Waals surface area contributed by atoms with Crippen LogP contribution in [0.25, 0.3) is 5.76 Å². The standard InChI is InChI=1S/C28H34N4O5/c1-20(2)16-30-32-18-23-22(10-7-11-24(23)31-12-14-36-15-13-31)27(37-19-21-8-5-4-6-9-21)26(32)28(34)29-17-25(33)35-3/h4-11,16,20H,12-15,17-19H2,1-3H3,(H,29,34)/b30-16-. The number of nitrogens with zero attached hydrogens (tertiary/aromatic N) is 3. The highest BCUT2D eigenvalue weighted by Gasteiger charge is 2.34. The number of carbonyl (C=O) groups is 2. The van der Waals surface area contributed by atoms with E-state index in [0.29, 0.717) is 25.5 Å². The number of anilines is 1. The molecular formula is C28H34N4O5. The number of methoxy groups -OCH3 is 1. The quantitative estimate of drug-likeness (QED) is 0.413. The molecule has 9 heteroatoms. The first-order valence-corrected chi connectivity index (χ1v) is 12.5. The molecule has 2 aliphatic heterocycles. The van der Waals surface area contributed by atoms with Crippen molar-refractivity contribution in [3.63, 3.8) is 0 Å². The lowest BCUT2D eigenvalue weighted by Crippen LogP contribution is -2.40. The Morgan fingerprint density at radius 3 is 2.57 bits per heavy atom. The lowest BCUT2D eigenvalue weighted by molar-refractivity contribution is -0.140. The molecule has 1 amide bonds. The first-order valence-electron chi connectivity index (χ1n) is 12.5. The molecule has 4 rings (SSSR count). The zero-order valence-electron chi connectivity index (χ0n) is 21.6. The second kappa shape index (κ2) is 12.4. The van der Waals surface area contributed by atoms with Gasteiger partial charge in [-0.05, 0) is 17.5 Å². The predicted molar refractivity (Wildman–Crippen MR) is 142 cm³/mol. The van der Waals surface area contributed by atoms with Crippen LogP contribution in [0.5, 0.6) is 0 Å². The van der Waals surface area contributed by atoms with Crippen molar-refractivity contribution >= 4 is 29.5 Å². The van der Waals surface area contributed by atoms with Crippen LogP contribution < -0.4 is 10.2 Å². The molecule has 2 aromatic rings. The van der Waals surface area contributed by atoms with Crippen molar-refractivity contribution < 1.29 is 23.8 Å². The maximum Gasteiger partial charge on any atom is 0.325 e. The molecule has 1 saturated heterocycles. The zero-order chi connectivity index (χ0) is 26.2. The second-order valence-corrected chi connectivity index (χ2v) is 9.18. The zero-order valence-corrected chi connectivity index (χ0v) is 21.6. The fourth-order valence-electron chi connectivity index (χ4n) is 4.24. The third-order valence-corrected chi connectivity index (χ3v) is 6.09. The monoisotopic (exact) mass is 506 g/mol. The fraction of sp³-hybridized carbons (Fsp3) is 0.393. The summed E-state index contributed by atoms with van der Waals surface area (Å²) in [6.07, 6.45) is 1.80. The highest BCUT2D eigenvalue weighted by molar-refractivity contribution is 6.01. The maximum atomic E-state index is 13.5. The van der Waals surface area contributed by atoms with E-state index < -0.39 is 11.9 Å². The number of morpholine rings is 1. The number of carbonyl (C=O) groups excluding carboxylic acids is 2. The van der Waals surface area contributed by atoms with Crippen LogP contribution in [0.15, 0.2) is 59.3 Å². The van der Waals surface area contributed by atoms with Gasteiger partial charge in [-0.2, -0.15) is 5.10 Å². The van der Waals surface area contributed by atoms with Crippen LogP contribution in [0.2, 0.25) is 0 Å². The van der Waals surface area contributed by atoms with Gasteiger partial charge in [0.15, 0.2) is 11.5 Å². The summed E-state index contributed by atoms with van der Waals surface area (Å²) in [5, 5.41) is 9.00. The summed E-state index contributed by atoms with van der Waals surface area (Å²) in [7, 11) is 1.28. The van der Waals surface area contributed by atoms with Gasteiger partial charge in [-0.25, -0.2) is 0 Å². The number of amides is 1.